The number of methoxy groups -OCH3 is 1. The Balaban J connectivity index is 2.29. The minimum atomic E-state index is -3.09. The van der Waals surface area contributed by atoms with Crippen LogP contribution < -0.4 is 15.2 Å². The highest BCUT2D eigenvalue weighted by molar-refractivity contribution is 5.98. The molecule has 1 aliphatic rings. The van der Waals surface area contributed by atoms with Gasteiger partial charge in [0.1, 0.15) is 0 Å². The Morgan fingerprint density at radius 3 is 2.74 bits per heavy atom. The van der Waals surface area contributed by atoms with E-state index in [0.717, 1.165) is 0 Å². The molecule has 1 fully saturated rings. The molecule has 8 heteroatoms. The number of para-hydroxylation sites is 1. The molecular formula is C15H18F2N2O4. The Labute approximate surface area is 132 Å². The van der Waals surface area contributed by atoms with Crippen LogP contribution in [0.4, 0.5) is 8.78 Å². The van der Waals surface area contributed by atoms with Crippen molar-refractivity contribution in [3.63, 3.8) is 0 Å². The second kappa shape index (κ2) is 7.26. The van der Waals surface area contributed by atoms with Gasteiger partial charge in [-0.1, -0.05) is 6.07 Å². The molecule has 0 aromatic heterocycles. The summed E-state index contributed by atoms with van der Waals surface area (Å²) in [7, 11) is 1.30. The van der Waals surface area contributed by atoms with Crippen molar-refractivity contribution in [2.45, 2.75) is 19.5 Å². The monoisotopic (exact) mass is 328 g/mol. The van der Waals surface area contributed by atoms with Gasteiger partial charge < -0.3 is 20.1 Å². The van der Waals surface area contributed by atoms with Crippen LogP contribution in [0.15, 0.2) is 18.2 Å². The van der Waals surface area contributed by atoms with E-state index in [1.807, 2.05) is 0 Å². The predicted molar refractivity (Wildman–Crippen MR) is 77.4 cm³/mol. The minimum absolute atomic E-state index is 0.0326. The Morgan fingerprint density at radius 1 is 1.39 bits per heavy atom. The van der Waals surface area contributed by atoms with Crippen molar-refractivity contribution < 1.29 is 27.8 Å². The van der Waals surface area contributed by atoms with Gasteiger partial charge in [-0.2, -0.15) is 8.78 Å². The normalized spacial score (nSPS) is 17.9. The molecule has 1 saturated heterocycles. The van der Waals surface area contributed by atoms with Gasteiger partial charge in [-0.15, -0.1) is 0 Å². The van der Waals surface area contributed by atoms with Gasteiger partial charge in [0.25, 0.3) is 5.91 Å². The summed E-state index contributed by atoms with van der Waals surface area (Å²) in [4.78, 5) is 25.4. The van der Waals surface area contributed by atoms with E-state index in [1.54, 1.807) is 0 Å². The number of rotatable bonds is 5. The zero-order chi connectivity index (χ0) is 17.0. The maximum atomic E-state index is 12.6. The standard InChI is InChI=1S/C15H18F2N2O4/c1-22-11-6-2-5-10(12(11)23-15(16)17)14(21)19-7-3-4-9(8-19)13(18)20/h2,5-6,9,15H,3-4,7-8H2,1H3,(H2,18,20). The molecule has 1 aromatic rings. The molecule has 1 heterocycles. The van der Waals surface area contributed by atoms with Crippen molar-refractivity contribution in [2.75, 3.05) is 20.2 Å². The largest absolute Gasteiger partial charge is 0.493 e. The third-order valence-electron chi connectivity index (χ3n) is 3.75. The first-order valence-corrected chi connectivity index (χ1v) is 7.14. The molecule has 0 aliphatic carbocycles. The van der Waals surface area contributed by atoms with E-state index in [1.165, 1.54) is 30.2 Å². The molecule has 0 radical (unpaired) electrons. The number of nitrogens with two attached hydrogens (primary N) is 1. The van der Waals surface area contributed by atoms with Crippen LogP contribution in [-0.2, 0) is 4.79 Å². The van der Waals surface area contributed by atoms with Crippen LogP contribution in [0.25, 0.3) is 0 Å². The van der Waals surface area contributed by atoms with Crippen LogP contribution in [0.1, 0.15) is 23.2 Å². The molecule has 2 amide bonds. The fourth-order valence-electron chi connectivity index (χ4n) is 2.62. The fraction of sp³-hybridized carbons (Fsp3) is 0.467. The van der Waals surface area contributed by atoms with E-state index >= 15 is 0 Å². The molecule has 1 aliphatic heterocycles. The number of alkyl halides is 2. The van der Waals surface area contributed by atoms with E-state index in [9.17, 15) is 18.4 Å². The Morgan fingerprint density at radius 2 is 2.13 bits per heavy atom. The first kappa shape index (κ1) is 17.0. The van der Waals surface area contributed by atoms with Gasteiger partial charge in [0, 0.05) is 13.1 Å². The third kappa shape index (κ3) is 3.88. The molecule has 1 aromatic carbocycles. The summed E-state index contributed by atoms with van der Waals surface area (Å²) in [5.74, 6) is -1.67. The average molecular weight is 328 g/mol. The summed E-state index contributed by atoms with van der Waals surface area (Å²) >= 11 is 0. The number of piperidine rings is 1. The van der Waals surface area contributed by atoms with Crippen LogP contribution in [0.5, 0.6) is 11.5 Å². The van der Waals surface area contributed by atoms with Gasteiger partial charge in [-0.3, -0.25) is 9.59 Å². The lowest BCUT2D eigenvalue weighted by molar-refractivity contribution is -0.123. The first-order chi connectivity index (χ1) is 10.9. The van der Waals surface area contributed by atoms with Crippen molar-refractivity contribution in [3.8, 4) is 11.5 Å². The molecule has 0 bridgehead atoms. The number of amides is 2. The van der Waals surface area contributed by atoms with Gasteiger partial charge in [-0.05, 0) is 25.0 Å². The van der Waals surface area contributed by atoms with E-state index < -0.39 is 24.3 Å². The Bertz CT molecular complexity index is 595. The molecule has 2 rings (SSSR count). The third-order valence-corrected chi connectivity index (χ3v) is 3.75. The van der Waals surface area contributed by atoms with Gasteiger partial charge in [0.2, 0.25) is 5.91 Å². The van der Waals surface area contributed by atoms with Crippen LogP contribution in [-0.4, -0.2) is 43.5 Å². The predicted octanol–water partition coefficient (Wildman–Crippen LogP) is 1.63. The summed E-state index contributed by atoms with van der Waals surface area (Å²) in [6, 6.07) is 4.33. The highest BCUT2D eigenvalue weighted by Gasteiger charge is 2.30. The van der Waals surface area contributed by atoms with Crippen LogP contribution >= 0.6 is 0 Å². The van der Waals surface area contributed by atoms with Crippen molar-refractivity contribution in [2.24, 2.45) is 11.7 Å². The minimum Gasteiger partial charge on any atom is -0.493 e. The van der Waals surface area contributed by atoms with E-state index in [4.69, 9.17) is 10.5 Å². The molecule has 6 nitrogen and oxygen atoms in total. The fourth-order valence-corrected chi connectivity index (χ4v) is 2.62. The van der Waals surface area contributed by atoms with Gasteiger partial charge in [0.05, 0.1) is 18.6 Å². The molecular weight excluding hydrogens is 310 g/mol. The lowest BCUT2D eigenvalue weighted by atomic mass is 9.96. The number of hydrogen-bond acceptors (Lipinski definition) is 4. The molecule has 126 valence electrons. The lowest BCUT2D eigenvalue weighted by Crippen LogP contribution is -2.44. The molecule has 0 saturated carbocycles. The lowest BCUT2D eigenvalue weighted by Gasteiger charge is -2.31. The second-order valence-electron chi connectivity index (χ2n) is 5.21. The Hall–Kier alpha value is -2.38. The van der Waals surface area contributed by atoms with Crippen molar-refractivity contribution in [3.05, 3.63) is 23.8 Å². The number of halogens is 2. The average Bonchev–Trinajstić information content (AvgIpc) is 2.54. The topological polar surface area (TPSA) is 81.9 Å². The summed E-state index contributed by atoms with van der Waals surface area (Å²) in [6.45, 7) is -2.49. The number of primary amides is 1. The number of ether oxygens (including phenoxy) is 2. The summed E-state index contributed by atoms with van der Waals surface area (Å²) < 4.78 is 34.7. The van der Waals surface area contributed by atoms with Crippen molar-refractivity contribution >= 4 is 11.8 Å². The van der Waals surface area contributed by atoms with Crippen LogP contribution in [0.3, 0.4) is 0 Å². The number of nitrogens with zero attached hydrogens (tertiary/aromatic N) is 1. The number of benzene rings is 1. The second-order valence-corrected chi connectivity index (χ2v) is 5.21. The maximum absolute atomic E-state index is 12.6. The number of carbonyl (C=O) groups excluding carboxylic acids is 2. The highest BCUT2D eigenvalue weighted by Crippen LogP contribution is 2.34. The van der Waals surface area contributed by atoms with E-state index in [-0.39, 0.29) is 23.6 Å². The molecule has 2 N–H and O–H groups in total. The summed E-state index contributed by atoms with van der Waals surface area (Å²) in [5.41, 5.74) is 5.26. The van der Waals surface area contributed by atoms with Crippen LogP contribution in [0.2, 0.25) is 0 Å². The smallest absolute Gasteiger partial charge is 0.387 e. The molecule has 1 unspecified atom stereocenters. The van der Waals surface area contributed by atoms with Crippen LogP contribution in [0, 0.1) is 5.92 Å². The number of carbonyl (C=O) groups is 2. The highest BCUT2D eigenvalue weighted by atomic mass is 19.3. The van der Waals surface area contributed by atoms with Crippen molar-refractivity contribution in [1.82, 2.24) is 4.90 Å². The number of hydrogen-bond donors (Lipinski definition) is 1. The van der Waals surface area contributed by atoms with E-state index in [0.29, 0.717) is 19.4 Å². The zero-order valence-corrected chi connectivity index (χ0v) is 12.6. The SMILES string of the molecule is COc1cccc(C(=O)N2CCCC(C(N)=O)C2)c1OC(F)F. The van der Waals surface area contributed by atoms with E-state index in [2.05, 4.69) is 4.74 Å². The molecule has 0 spiro atoms. The van der Waals surface area contributed by atoms with Gasteiger partial charge in [-0.25, -0.2) is 0 Å². The first-order valence-electron chi connectivity index (χ1n) is 7.14. The number of likely N-dealkylation sites (tertiary alicyclic amines) is 1. The summed E-state index contributed by atoms with van der Waals surface area (Å²) in [6.07, 6.45) is 1.23. The van der Waals surface area contributed by atoms with Gasteiger partial charge in [0.15, 0.2) is 11.5 Å². The quantitative estimate of drug-likeness (QED) is 0.891. The Kier molecular flexibility index (Phi) is 5.36. The van der Waals surface area contributed by atoms with Crippen molar-refractivity contribution in [1.29, 1.82) is 0 Å². The van der Waals surface area contributed by atoms with Gasteiger partial charge >= 0.3 is 6.61 Å². The summed E-state index contributed by atoms with van der Waals surface area (Å²) in [5, 5.41) is 0. The maximum Gasteiger partial charge on any atom is 0.387 e. The zero-order valence-electron chi connectivity index (χ0n) is 12.6. The molecule has 1 atom stereocenters. The molecule has 23 heavy (non-hydrogen) atoms.